The van der Waals surface area contributed by atoms with Crippen molar-refractivity contribution in [2.75, 3.05) is 6.61 Å². The Labute approximate surface area is 126 Å². The lowest BCUT2D eigenvalue weighted by molar-refractivity contribution is 0.0906. The molecule has 1 atom stereocenters. The van der Waals surface area contributed by atoms with Gasteiger partial charge in [-0.1, -0.05) is 13.8 Å². The van der Waals surface area contributed by atoms with Gasteiger partial charge in [0.1, 0.15) is 5.56 Å². The molecule has 0 aliphatic rings. The zero-order valence-electron chi connectivity index (χ0n) is 12.3. The fourth-order valence-electron chi connectivity index (χ4n) is 2.19. The molecule has 0 bridgehead atoms. The van der Waals surface area contributed by atoms with E-state index in [-0.39, 0.29) is 23.8 Å². The Bertz CT molecular complexity index is 705. The van der Waals surface area contributed by atoms with Crippen LogP contribution in [0, 0.1) is 12.8 Å². The SMILES string of the molecule is Cc1csc2ncc(C(=O)NC(CO)CC(C)C)c(=O)n12. The van der Waals surface area contributed by atoms with E-state index in [1.807, 2.05) is 19.2 Å². The molecule has 1 unspecified atom stereocenters. The fourth-order valence-corrected chi connectivity index (χ4v) is 3.02. The first kappa shape index (κ1) is 15.7. The standard InChI is InChI=1S/C14H19N3O3S/c1-8(2)4-10(6-18)16-12(19)11-5-15-14-17(13(11)20)9(3)7-21-14/h5,7-8,10,18H,4,6H2,1-3H3,(H,16,19). The van der Waals surface area contributed by atoms with E-state index in [9.17, 15) is 14.7 Å². The second kappa shape index (κ2) is 6.36. The van der Waals surface area contributed by atoms with Crippen molar-refractivity contribution in [3.63, 3.8) is 0 Å². The fraction of sp³-hybridized carbons (Fsp3) is 0.500. The summed E-state index contributed by atoms with van der Waals surface area (Å²) in [5, 5.41) is 13.8. The molecular weight excluding hydrogens is 290 g/mol. The number of nitrogens with one attached hydrogen (secondary N) is 1. The molecule has 114 valence electrons. The van der Waals surface area contributed by atoms with Gasteiger partial charge in [-0.15, -0.1) is 11.3 Å². The van der Waals surface area contributed by atoms with Crippen LogP contribution < -0.4 is 10.9 Å². The van der Waals surface area contributed by atoms with E-state index in [0.717, 1.165) is 5.69 Å². The lowest BCUT2D eigenvalue weighted by Crippen LogP contribution is -2.41. The smallest absolute Gasteiger partial charge is 0.271 e. The first-order valence-corrected chi connectivity index (χ1v) is 7.69. The van der Waals surface area contributed by atoms with Crippen molar-refractivity contribution >= 4 is 22.2 Å². The minimum atomic E-state index is -0.493. The molecule has 21 heavy (non-hydrogen) atoms. The van der Waals surface area contributed by atoms with Crippen LogP contribution in [0.1, 0.15) is 36.3 Å². The van der Waals surface area contributed by atoms with Crippen LogP contribution in [0.15, 0.2) is 16.4 Å². The van der Waals surface area contributed by atoms with Crippen LogP contribution in [0.2, 0.25) is 0 Å². The Balaban J connectivity index is 2.29. The molecule has 6 nitrogen and oxygen atoms in total. The van der Waals surface area contributed by atoms with Gasteiger partial charge in [0.15, 0.2) is 4.96 Å². The third-order valence-electron chi connectivity index (χ3n) is 3.17. The van der Waals surface area contributed by atoms with Crippen LogP contribution >= 0.6 is 11.3 Å². The molecule has 0 spiro atoms. The summed E-state index contributed by atoms with van der Waals surface area (Å²) in [5.41, 5.74) is 0.372. The first-order chi connectivity index (χ1) is 9.93. The summed E-state index contributed by atoms with van der Waals surface area (Å²) in [5.74, 6) is -0.157. The highest BCUT2D eigenvalue weighted by Crippen LogP contribution is 2.11. The van der Waals surface area contributed by atoms with Gasteiger partial charge >= 0.3 is 0 Å². The molecule has 0 saturated carbocycles. The number of carbonyl (C=O) groups excluding carboxylic acids is 1. The second-order valence-corrected chi connectivity index (χ2v) is 6.29. The van der Waals surface area contributed by atoms with Crippen LogP contribution in [0.25, 0.3) is 4.96 Å². The van der Waals surface area contributed by atoms with Crippen LogP contribution in [-0.2, 0) is 0 Å². The summed E-state index contributed by atoms with van der Waals surface area (Å²) in [6, 6.07) is -0.360. The minimum Gasteiger partial charge on any atom is -0.394 e. The number of aliphatic hydroxyl groups is 1. The molecule has 1 amide bonds. The highest BCUT2D eigenvalue weighted by atomic mass is 32.1. The Hall–Kier alpha value is -1.73. The first-order valence-electron chi connectivity index (χ1n) is 6.81. The Kier molecular flexibility index (Phi) is 4.74. The van der Waals surface area contributed by atoms with Gasteiger partial charge in [0.25, 0.3) is 11.5 Å². The van der Waals surface area contributed by atoms with Crippen molar-refractivity contribution in [1.29, 1.82) is 0 Å². The summed E-state index contributed by atoms with van der Waals surface area (Å²) in [4.78, 5) is 29.3. The molecule has 2 aromatic rings. The maximum Gasteiger partial charge on any atom is 0.271 e. The van der Waals surface area contributed by atoms with Crippen molar-refractivity contribution in [2.45, 2.75) is 33.2 Å². The Morgan fingerprint density at radius 2 is 2.24 bits per heavy atom. The van der Waals surface area contributed by atoms with E-state index in [2.05, 4.69) is 10.3 Å². The van der Waals surface area contributed by atoms with Gasteiger partial charge < -0.3 is 10.4 Å². The Morgan fingerprint density at radius 3 is 2.86 bits per heavy atom. The number of rotatable bonds is 5. The average molecular weight is 309 g/mol. The molecular formula is C14H19N3O3S. The third kappa shape index (κ3) is 3.30. The molecule has 0 aliphatic heterocycles. The normalized spacial score (nSPS) is 12.8. The van der Waals surface area contributed by atoms with E-state index in [4.69, 9.17) is 0 Å². The van der Waals surface area contributed by atoms with Gasteiger partial charge in [-0.05, 0) is 19.3 Å². The van der Waals surface area contributed by atoms with E-state index in [0.29, 0.717) is 17.3 Å². The number of hydrogen-bond donors (Lipinski definition) is 2. The van der Waals surface area contributed by atoms with E-state index in [1.165, 1.54) is 21.9 Å². The molecule has 2 aromatic heterocycles. The van der Waals surface area contributed by atoms with Crippen LogP contribution in [0.3, 0.4) is 0 Å². The van der Waals surface area contributed by atoms with Crippen LogP contribution in [0.4, 0.5) is 0 Å². The summed E-state index contributed by atoms with van der Waals surface area (Å²) in [6.45, 7) is 5.65. The van der Waals surface area contributed by atoms with Gasteiger partial charge in [0.05, 0.1) is 12.6 Å². The van der Waals surface area contributed by atoms with Gasteiger partial charge in [-0.2, -0.15) is 0 Å². The molecule has 0 aliphatic carbocycles. The van der Waals surface area contributed by atoms with Crippen molar-refractivity contribution in [2.24, 2.45) is 5.92 Å². The van der Waals surface area contributed by atoms with E-state index < -0.39 is 5.91 Å². The van der Waals surface area contributed by atoms with Crippen molar-refractivity contribution in [3.8, 4) is 0 Å². The predicted molar refractivity (Wildman–Crippen MR) is 81.9 cm³/mol. The molecule has 7 heteroatoms. The van der Waals surface area contributed by atoms with Gasteiger partial charge in [-0.3, -0.25) is 14.0 Å². The Morgan fingerprint density at radius 1 is 1.52 bits per heavy atom. The van der Waals surface area contributed by atoms with E-state index >= 15 is 0 Å². The second-order valence-electron chi connectivity index (χ2n) is 5.45. The molecule has 0 radical (unpaired) electrons. The third-order valence-corrected chi connectivity index (χ3v) is 4.13. The number of thiazole rings is 1. The number of aryl methyl sites for hydroxylation is 1. The molecule has 2 heterocycles. The summed E-state index contributed by atoms with van der Waals surface area (Å²) in [7, 11) is 0. The number of fused-ring (bicyclic) bond motifs is 1. The topological polar surface area (TPSA) is 83.7 Å². The molecule has 2 rings (SSSR count). The van der Waals surface area contributed by atoms with Gasteiger partial charge in [-0.25, -0.2) is 4.98 Å². The quantitative estimate of drug-likeness (QED) is 0.869. The van der Waals surface area contributed by atoms with Crippen molar-refractivity contribution in [3.05, 3.63) is 33.2 Å². The maximum atomic E-state index is 12.4. The zero-order chi connectivity index (χ0) is 15.6. The lowest BCUT2D eigenvalue weighted by atomic mass is 10.0. The van der Waals surface area contributed by atoms with Crippen LogP contribution in [-0.4, -0.2) is 33.0 Å². The molecule has 0 saturated heterocycles. The maximum absolute atomic E-state index is 12.4. The average Bonchev–Trinajstić information content (AvgIpc) is 2.80. The van der Waals surface area contributed by atoms with Crippen molar-refractivity contribution < 1.29 is 9.90 Å². The summed E-state index contributed by atoms with van der Waals surface area (Å²) in [6.07, 6.45) is 1.95. The summed E-state index contributed by atoms with van der Waals surface area (Å²) < 4.78 is 1.43. The molecule has 2 N–H and O–H groups in total. The van der Waals surface area contributed by atoms with Crippen molar-refractivity contribution in [1.82, 2.24) is 14.7 Å². The summed E-state index contributed by atoms with van der Waals surface area (Å²) >= 11 is 1.36. The van der Waals surface area contributed by atoms with Gasteiger partial charge in [0, 0.05) is 17.3 Å². The monoisotopic (exact) mass is 309 g/mol. The van der Waals surface area contributed by atoms with Gasteiger partial charge in [0.2, 0.25) is 0 Å². The number of aliphatic hydroxyl groups excluding tert-OH is 1. The molecule has 0 fully saturated rings. The van der Waals surface area contributed by atoms with Crippen LogP contribution in [0.5, 0.6) is 0 Å². The molecule has 0 aromatic carbocycles. The zero-order valence-corrected chi connectivity index (χ0v) is 13.1. The number of amides is 1. The lowest BCUT2D eigenvalue weighted by Gasteiger charge is -2.17. The number of carbonyl (C=O) groups is 1. The number of hydrogen-bond acceptors (Lipinski definition) is 5. The number of nitrogens with zero attached hydrogens (tertiary/aromatic N) is 2. The highest BCUT2D eigenvalue weighted by molar-refractivity contribution is 7.15. The van der Waals surface area contributed by atoms with E-state index in [1.54, 1.807) is 6.92 Å². The predicted octanol–water partition coefficient (Wildman–Crippen LogP) is 1.20. The minimum absolute atomic E-state index is 0.00351. The largest absolute Gasteiger partial charge is 0.394 e. The highest BCUT2D eigenvalue weighted by Gasteiger charge is 2.19. The number of aromatic nitrogens is 2.